The largest absolute Gasteiger partial charge is 0.486 e. The van der Waals surface area contributed by atoms with Crippen LogP contribution in [0.4, 0.5) is 0 Å². The van der Waals surface area contributed by atoms with Crippen molar-refractivity contribution in [2.75, 3.05) is 32.8 Å². The minimum atomic E-state index is -3.52. The number of piperidine rings is 1. The molecule has 2 aliphatic rings. The summed E-state index contributed by atoms with van der Waals surface area (Å²) in [5, 5.41) is 0. The molecule has 1 fully saturated rings. The van der Waals surface area contributed by atoms with Crippen LogP contribution in [0.3, 0.4) is 0 Å². The summed E-state index contributed by atoms with van der Waals surface area (Å²) < 4.78 is 38.5. The first kappa shape index (κ1) is 18.5. The molecule has 1 N–H and O–H groups in total. The normalized spacial score (nSPS) is 21.2. The Balaban J connectivity index is 1.52. The maximum atomic E-state index is 12.5. The monoisotopic (exact) mass is 368 g/mol. The van der Waals surface area contributed by atoms with Gasteiger partial charge in [0.2, 0.25) is 10.0 Å². The van der Waals surface area contributed by atoms with Gasteiger partial charge < -0.3 is 14.4 Å². The molecule has 0 bridgehead atoms. The quantitative estimate of drug-likeness (QED) is 0.749. The first-order valence-electron chi connectivity index (χ1n) is 9.23. The molecule has 7 heteroatoms. The van der Waals surface area contributed by atoms with Crippen LogP contribution in [-0.4, -0.2) is 52.2 Å². The van der Waals surface area contributed by atoms with Gasteiger partial charge in [0.15, 0.2) is 11.5 Å². The highest BCUT2D eigenvalue weighted by molar-refractivity contribution is 7.89. The molecule has 1 aromatic carbocycles. The average molecular weight is 368 g/mol. The van der Waals surface area contributed by atoms with Gasteiger partial charge in [-0.1, -0.05) is 13.3 Å². The number of ether oxygens (including phenoxy) is 2. The average Bonchev–Trinajstić information content (AvgIpc) is 2.65. The van der Waals surface area contributed by atoms with Crippen molar-refractivity contribution in [3.05, 3.63) is 18.2 Å². The van der Waals surface area contributed by atoms with Crippen molar-refractivity contribution in [2.45, 2.75) is 50.0 Å². The Labute approximate surface area is 150 Å². The van der Waals surface area contributed by atoms with Crippen molar-refractivity contribution in [1.29, 1.82) is 0 Å². The molecule has 1 atom stereocenters. The summed E-state index contributed by atoms with van der Waals surface area (Å²) in [6.07, 6.45) is 5.81. The molecule has 2 heterocycles. The van der Waals surface area contributed by atoms with E-state index in [2.05, 4.69) is 16.5 Å². The van der Waals surface area contributed by atoms with Crippen molar-refractivity contribution in [2.24, 2.45) is 0 Å². The zero-order valence-corrected chi connectivity index (χ0v) is 15.7. The van der Waals surface area contributed by atoms with Gasteiger partial charge in [-0.05, 0) is 50.9 Å². The molecule has 2 aliphatic heterocycles. The Hall–Kier alpha value is -1.31. The van der Waals surface area contributed by atoms with E-state index in [9.17, 15) is 8.42 Å². The third-order valence-electron chi connectivity index (χ3n) is 4.96. The maximum Gasteiger partial charge on any atom is 0.240 e. The standard InChI is InChI=1S/C18H28N2O4S/c1-2-15-6-3-4-10-20(15)11-5-9-19-25(21,22)16-7-8-17-18(14-16)24-13-12-23-17/h7-8,14-15,19H,2-6,9-13H2,1H3/t15-/m0/s1. The first-order chi connectivity index (χ1) is 12.1. The maximum absolute atomic E-state index is 12.5. The molecule has 0 spiro atoms. The predicted octanol–water partition coefficient (Wildman–Crippen LogP) is 2.39. The third-order valence-corrected chi connectivity index (χ3v) is 6.42. The molecule has 0 aromatic heterocycles. The number of hydrogen-bond acceptors (Lipinski definition) is 5. The number of nitrogens with zero attached hydrogens (tertiary/aromatic N) is 1. The van der Waals surface area contributed by atoms with Crippen LogP contribution in [-0.2, 0) is 10.0 Å². The summed E-state index contributed by atoms with van der Waals surface area (Å²) in [6, 6.07) is 5.41. The number of fused-ring (bicyclic) bond motifs is 1. The van der Waals surface area contributed by atoms with Crippen LogP contribution in [0.5, 0.6) is 11.5 Å². The summed E-state index contributed by atoms with van der Waals surface area (Å²) in [5.41, 5.74) is 0. The molecule has 0 saturated carbocycles. The van der Waals surface area contributed by atoms with E-state index in [0.717, 1.165) is 19.5 Å². The molecule has 0 radical (unpaired) electrons. The van der Waals surface area contributed by atoms with Crippen molar-refractivity contribution in [1.82, 2.24) is 9.62 Å². The fraction of sp³-hybridized carbons (Fsp3) is 0.667. The lowest BCUT2D eigenvalue weighted by atomic mass is 10.00. The van der Waals surface area contributed by atoms with E-state index in [0.29, 0.717) is 37.3 Å². The van der Waals surface area contributed by atoms with E-state index < -0.39 is 10.0 Å². The zero-order chi connectivity index (χ0) is 17.7. The SMILES string of the molecule is CC[C@H]1CCCCN1CCCNS(=O)(=O)c1ccc2c(c1)OCCO2. The van der Waals surface area contributed by atoms with Gasteiger partial charge in [-0.3, -0.25) is 0 Å². The Kier molecular flexibility index (Phi) is 6.19. The lowest BCUT2D eigenvalue weighted by Crippen LogP contribution is -2.40. The van der Waals surface area contributed by atoms with Crippen LogP contribution in [0.1, 0.15) is 39.0 Å². The van der Waals surface area contributed by atoms with E-state index in [1.165, 1.54) is 31.7 Å². The molecule has 1 aromatic rings. The van der Waals surface area contributed by atoms with Gasteiger partial charge in [0.25, 0.3) is 0 Å². The highest BCUT2D eigenvalue weighted by Gasteiger charge is 2.21. The number of benzene rings is 1. The van der Waals surface area contributed by atoms with Gasteiger partial charge in [-0.25, -0.2) is 13.1 Å². The molecule has 0 aliphatic carbocycles. The van der Waals surface area contributed by atoms with Gasteiger partial charge >= 0.3 is 0 Å². The van der Waals surface area contributed by atoms with Crippen molar-refractivity contribution in [3.63, 3.8) is 0 Å². The third kappa shape index (κ3) is 4.65. The molecule has 140 valence electrons. The zero-order valence-electron chi connectivity index (χ0n) is 14.9. The Morgan fingerprint density at radius 2 is 2.00 bits per heavy atom. The van der Waals surface area contributed by atoms with Gasteiger partial charge in [-0.15, -0.1) is 0 Å². The van der Waals surface area contributed by atoms with Crippen LogP contribution in [0.2, 0.25) is 0 Å². The molecule has 0 amide bonds. The molecular weight excluding hydrogens is 340 g/mol. The molecular formula is C18H28N2O4S. The second-order valence-electron chi connectivity index (χ2n) is 6.65. The minimum absolute atomic E-state index is 0.223. The summed E-state index contributed by atoms with van der Waals surface area (Å²) in [5.74, 6) is 1.09. The fourth-order valence-electron chi connectivity index (χ4n) is 3.58. The first-order valence-corrected chi connectivity index (χ1v) is 10.7. The van der Waals surface area contributed by atoms with E-state index in [1.54, 1.807) is 12.1 Å². The van der Waals surface area contributed by atoms with E-state index >= 15 is 0 Å². The van der Waals surface area contributed by atoms with Gasteiger partial charge in [0.05, 0.1) is 4.90 Å². The number of rotatable bonds is 7. The van der Waals surface area contributed by atoms with Gasteiger partial charge in [-0.2, -0.15) is 0 Å². The summed E-state index contributed by atoms with van der Waals surface area (Å²) in [4.78, 5) is 2.73. The number of likely N-dealkylation sites (tertiary alicyclic amines) is 1. The second kappa shape index (κ2) is 8.38. The van der Waals surface area contributed by atoms with Crippen LogP contribution in [0, 0.1) is 0 Å². The summed E-state index contributed by atoms with van der Waals surface area (Å²) in [6.45, 7) is 5.69. The number of sulfonamides is 1. The minimum Gasteiger partial charge on any atom is -0.486 e. The molecule has 0 unspecified atom stereocenters. The Morgan fingerprint density at radius 3 is 2.80 bits per heavy atom. The Bertz CT molecular complexity index is 678. The summed E-state index contributed by atoms with van der Waals surface area (Å²) in [7, 11) is -3.52. The molecule has 1 saturated heterocycles. The molecule has 25 heavy (non-hydrogen) atoms. The van der Waals surface area contributed by atoms with E-state index in [4.69, 9.17) is 9.47 Å². The Morgan fingerprint density at radius 1 is 1.20 bits per heavy atom. The van der Waals surface area contributed by atoms with Crippen LogP contribution in [0.15, 0.2) is 23.1 Å². The predicted molar refractivity (Wildman–Crippen MR) is 96.7 cm³/mol. The van der Waals surface area contributed by atoms with Crippen LogP contribution >= 0.6 is 0 Å². The summed E-state index contributed by atoms with van der Waals surface area (Å²) >= 11 is 0. The molecule has 3 rings (SSSR count). The van der Waals surface area contributed by atoms with Gasteiger partial charge in [0, 0.05) is 18.7 Å². The topological polar surface area (TPSA) is 67.9 Å². The second-order valence-corrected chi connectivity index (χ2v) is 8.42. The van der Waals surface area contributed by atoms with Gasteiger partial charge in [0.1, 0.15) is 13.2 Å². The lowest BCUT2D eigenvalue weighted by molar-refractivity contribution is 0.143. The smallest absolute Gasteiger partial charge is 0.240 e. The fourth-order valence-corrected chi connectivity index (χ4v) is 4.67. The van der Waals surface area contributed by atoms with Crippen molar-refractivity contribution < 1.29 is 17.9 Å². The van der Waals surface area contributed by atoms with Crippen molar-refractivity contribution >= 4 is 10.0 Å². The van der Waals surface area contributed by atoms with E-state index in [1.807, 2.05) is 0 Å². The number of hydrogen-bond donors (Lipinski definition) is 1. The van der Waals surface area contributed by atoms with Crippen LogP contribution in [0.25, 0.3) is 0 Å². The highest BCUT2D eigenvalue weighted by atomic mass is 32.2. The molecule has 6 nitrogen and oxygen atoms in total. The lowest BCUT2D eigenvalue weighted by Gasteiger charge is -2.35. The van der Waals surface area contributed by atoms with Crippen molar-refractivity contribution in [3.8, 4) is 11.5 Å². The highest BCUT2D eigenvalue weighted by Crippen LogP contribution is 2.32. The van der Waals surface area contributed by atoms with Crippen LogP contribution < -0.4 is 14.2 Å². The number of nitrogens with one attached hydrogen (secondary N) is 1. The van der Waals surface area contributed by atoms with E-state index in [-0.39, 0.29) is 4.90 Å².